The molecule has 1 aromatic heterocycles. The number of methoxy groups -OCH3 is 1. The predicted octanol–water partition coefficient (Wildman–Crippen LogP) is 2.48. The van der Waals surface area contributed by atoms with Gasteiger partial charge in [-0.25, -0.2) is 0 Å². The first-order chi connectivity index (χ1) is 12.6. The third-order valence-corrected chi connectivity index (χ3v) is 6.16. The Morgan fingerprint density at radius 3 is 2.69 bits per heavy atom. The van der Waals surface area contributed by atoms with Gasteiger partial charge in [-0.1, -0.05) is 18.7 Å². The molecule has 2 heterocycles. The number of carbonyl (C=O) groups is 1. The molecular weight excluding hydrogens is 350 g/mol. The van der Waals surface area contributed by atoms with Crippen molar-refractivity contribution in [1.82, 2.24) is 20.1 Å². The van der Waals surface area contributed by atoms with E-state index in [1.807, 2.05) is 6.92 Å². The molecule has 1 aliphatic carbocycles. The summed E-state index contributed by atoms with van der Waals surface area (Å²) in [6.45, 7) is 7.65. The number of anilines is 1. The van der Waals surface area contributed by atoms with E-state index in [4.69, 9.17) is 4.74 Å². The summed E-state index contributed by atoms with van der Waals surface area (Å²) in [5, 5.41) is 12.6. The molecule has 0 aromatic carbocycles. The summed E-state index contributed by atoms with van der Waals surface area (Å²) in [4.78, 5) is 14.7. The van der Waals surface area contributed by atoms with Gasteiger partial charge in [-0.05, 0) is 44.9 Å². The Morgan fingerprint density at radius 2 is 2.04 bits per heavy atom. The molecule has 8 heteroatoms. The fourth-order valence-corrected chi connectivity index (χ4v) is 4.15. The van der Waals surface area contributed by atoms with Crippen LogP contribution in [0.4, 0.5) is 5.95 Å². The van der Waals surface area contributed by atoms with Crippen LogP contribution in [0.2, 0.25) is 0 Å². The van der Waals surface area contributed by atoms with E-state index in [9.17, 15) is 4.79 Å². The van der Waals surface area contributed by atoms with Crippen molar-refractivity contribution in [3.05, 3.63) is 0 Å². The molecule has 1 atom stereocenters. The first-order valence-electron chi connectivity index (χ1n) is 9.73. The molecule has 3 rings (SSSR count). The maximum atomic E-state index is 12.3. The highest BCUT2D eigenvalue weighted by Crippen LogP contribution is 2.42. The van der Waals surface area contributed by atoms with Crippen LogP contribution in [0.1, 0.15) is 52.0 Å². The molecule has 1 aliphatic heterocycles. The van der Waals surface area contributed by atoms with Crippen LogP contribution in [0.5, 0.6) is 0 Å². The molecule has 0 radical (unpaired) electrons. The number of ether oxygens (including phenoxy) is 1. The van der Waals surface area contributed by atoms with Crippen LogP contribution in [0.15, 0.2) is 5.16 Å². The van der Waals surface area contributed by atoms with Gasteiger partial charge in [-0.3, -0.25) is 9.36 Å². The highest BCUT2D eigenvalue weighted by molar-refractivity contribution is 8.00. The molecular formula is C18H31N5O2S. The van der Waals surface area contributed by atoms with Crippen LogP contribution in [0, 0.1) is 5.92 Å². The Hall–Kier alpha value is -1.28. The van der Waals surface area contributed by atoms with Gasteiger partial charge in [0.2, 0.25) is 11.9 Å². The maximum absolute atomic E-state index is 12.3. The number of aromatic nitrogens is 3. The van der Waals surface area contributed by atoms with Crippen molar-refractivity contribution < 1.29 is 9.53 Å². The molecule has 1 saturated carbocycles. The highest BCUT2D eigenvalue weighted by atomic mass is 32.2. The summed E-state index contributed by atoms with van der Waals surface area (Å²) in [6, 6.07) is 0.499. The Balaban J connectivity index is 1.62. The van der Waals surface area contributed by atoms with Gasteiger partial charge in [0.1, 0.15) is 0 Å². The SMILES string of the molecule is COCCCNC(=O)C(C)Sc1nnc(N2CCC(C)CC2)n1C1CC1. The lowest BCUT2D eigenvalue weighted by Gasteiger charge is -2.31. The van der Waals surface area contributed by atoms with E-state index in [1.54, 1.807) is 7.11 Å². The van der Waals surface area contributed by atoms with Gasteiger partial charge in [0, 0.05) is 39.4 Å². The van der Waals surface area contributed by atoms with Crippen molar-refractivity contribution in [2.24, 2.45) is 5.92 Å². The van der Waals surface area contributed by atoms with E-state index in [-0.39, 0.29) is 11.2 Å². The number of rotatable bonds is 9. The van der Waals surface area contributed by atoms with Gasteiger partial charge in [-0.15, -0.1) is 10.2 Å². The van der Waals surface area contributed by atoms with E-state index in [0.717, 1.165) is 36.5 Å². The van der Waals surface area contributed by atoms with Crippen molar-refractivity contribution >= 4 is 23.6 Å². The number of amides is 1. The molecule has 0 spiro atoms. The third kappa shape index (κ3) is 4.91. The highest BCUT2D eigenvalue weighted by Gasteiger charge is 2.33. The van der Waals surface area contributed by atoms with Crippen molar-refractivity contribution in [3.8, 4) is 0 Å². The number of piperidine rings is 1. The molecule has 1 unspecified atom stereocenters. The minimum Gasteiger partial charge on any atom is -0.385 e. The number of nitrogens with zero attached hydrogens (tertiary/aromatic N) is 4. The van der Waals surface area contributed by atoms with Crippen molar-refractivity contribution in [2.75, 3.05) is 38.3 Å². The van der Waals surface area contributed by atoms with Crippen molar-refractivity contribution in [3.63, 3.8) is 0 Å². The zero-order valence-electron chi connectivity index (χ0n) is 16.1. The number of carbonyl (C=O) groups excluding carboxylic acids is 1. The van der Waals surface area contributed by atoms with Crippen LogP contribution < -0.4 is 10.2 Å². The average molecular weight is 382 g/mol. The molecule has 7 nitrogen and oxygen atoms in total. The lowest BCUT2D eigenvalue weighted by Crippen LogP contribution is -2.35. The summed E-state index contributed by atoms with van der Waals surface area (Å²) >= 11 is 1.52. The number of hydrogen-bond acceptors (Lipinski definition) is 6. The number of nitrogens with one attached hydrogen (secondary N) is 1. The van der Waals surface area contributed by atoms with Crippen molar-refractivity contribution in [1.29, 1.82) is 0 Å². The largest absolute Gasteiger partial charge is 0.385 e. The van der Waals surface area contributed by atoms with E-state index >= 15 is 0 Å². The van der Waals surface area contributed by atoms with Gasteiger partial charge < -0.3 is 15.0 Å². The smallest absolute Gasteiger partial charge is 0.233 e. The summed E-state index contributed by atoms with van der Waals surface area (Å²) in [7, 11) is 1.67. The minimum absolute atomic E-state index is 0.0461. The van der Waals surface area contributed by atoms with E-state index in [0.29, 0.717) is 19.2 Å². The van der Waals surface area contributed by atoms with Crippen LogP contribution >= 0.6 is 11.8 Å². The van der Waals surface area contributed by atoms with Gasteiger partial charge in [0.15, 0.2) is 5.16 Å². The van der Waals surface area contributed by atoms with E-state index < -0.39 is 0 Å². The van der Waals surface area contributed by atoms with E-state index in [1.165, 1.54) is 37.4 Å². The molecule has 1 amide bonds. The molecule has 26 heavy (non-hydrogen) atoms. The van der Waals surface area contributed by atoms with Crippen LogP contribution in [-0.4, -0.2) is 59.3 Å². The summed E-state index contributed by atoms with van der Waals surface area (Å²) in [6.07, 6.45) is 5.61. The summed E-state index contributed by atoms with van der Waals surface area (Å²) in [5.74, 6) is 1.83. The summed E-state index contributed by atoms with van der Waals surface area (Å²) < 4.78 is 7.29. The molecule has 2 fully saturated rings. The number of thioether (sulfide) groups is 1. The molecule has 1 aromatic rings. The van der Waals surface area contributed by atoms with Crippen LogP contribution in [0.3, 0.4) is 0 Å². The molecule has 1 N–H and O–H groups in total. The first-order valence-corrected chi connectivity index (χ1v) is 10.6. The third-order valence-electron chi connectivity index (χ3n) is 5.10. The minimum atomic E-state index is -0.187. The molecule has 0 bridgehead atoms. The Bertz CT molecular complexity index is 596. The van der Waals surface area contributed by atoms with E-state index in [2.05, 4.69) is 31.9 Å². The quantitative estimate of drug-likeness (QED) is 0.523. The molecule has 2 aliphatic rings. The van der Waals surface area contributed by atoms with Gasteiger partial charge in [0.25, 0.3) is 0 Å². The Morgan fingerprint density at radius 1 is 1.31 bits per heavy atom. The van der Waals surface area contributed by atoms with Gasteiger partial charge in [-0.2, -0.15) is 0 Å². The molecule has 146 valence electrons. The summed E-state index contributed by atoms with van der Waals surface area (Å²) in [5.41, 5.74) is 0. The fourth-order valence-electron chi connectivity index (χ4n) is 3.21. The normalized spacial score (nSPS) is 19.6. The monoisotopic (exact) mass is 381 g/mol. The number of hydrogen-bond donors (Lipinski definition) is 1. The second-order valence-electron chi connectivity index (χ2n) is 7.45. The first kappa shape index (κ1) is 19.5. The standard InChI is InChI=1S/C18H31N5O2S/c1-13-7-10-22(11-8-13)17-20-21-18(23(17)15-5-6-15)26-14(2)16(24)19-9-4-12-25-3/h13-15H,4-12H2,1-3H3,(H,19,24). The Labute approximate surface area is 160 Å². The second kappa shape index (κ2) is 9.08. The van der Waals surface area contributed by atoms with Crippen LogP contribution in [0.25, 0.3) is 0 Å². The van der Waals surface area contributed by atoms with Crippen LogP contribution in [-0.2, 0) is 9.53 Å². The lowest BCUT2D eigenvalue weighted by atomic mass is 10.00. The molecule has 1 saturated heterocycles. The van der Waals surface area contributed by atoms with Gasteiger partial charge >= 0.3 is 0 Å². The van der Waals surface area contributed by atoms with Crippen molar-refractivity contribution in [2.45, 2.75) is 62.4 Å². The average Bonchev–Trinajstić information content (AvgIpc) is 3.40. The second-order valence-corrected chi connectivity index (χ2v) is 8.76. The maximum Gasteiger partial charge on any atom is 0.233 e. The lowest BCUT2D eigenvalue weighted by molar-refractivity contribution is -0.120. The Kier molecular flexibility index (Phi) is 6.80. The topological polar surface area (TPSA) is 72.3 Å². The zero-order valence-corrected chi connectivity index (χ0v) is 16.9. The van der Waals surface area contributed by atoms with Gasteiger partial charge in [0.05, 0.1) is 5.25 Å². The fraction of sp³-hybridized carbons (Fsp3) is 0.833. The zero-order chi connectivity index (χ0) is 18.5. The predicted molar refractivity (Wildman–Crippen MR) is 104 cm³/mol.